The van der Waals surface area contributed by atoms with E-state index < -0.39 is 26.5 Å². The van der Waals surface area contributed by atoms with Gasteiger partial charge in [-0.1, -0.05) is 371 Å². The number of quaternary nitrogens is 1. The Hall–Kier alpha value is -2.03. The fourth-order valence-electron chi connectivity index (χ4n) is 12.1. The van der Waals surface area contributed by atoms with Crippen molar-refractivity contribution in [1.29, 1.82) is 0 Å². The molecule has 0 saturated carbocycles. The zero-order chi connectivity index (χ0) is 66.9. The van der Waals surface area contributed by atoms with Gasteiger partial charge in [0.05, 0.1) is 27.7 Å². The summed E-state index contributed by atoms with van der Waals surface area (Å²) >= 11 is 0. The first-order valence-electron chi connectivity index (χ1n) is 40.4. The highest BCUT2D eigenvalue weighted by Gasteiger charge is 2.27. The second kappa shape index (κ2) is 73.2. The van der Waals surface area contributed by atoms with Crippen LogP contribution in [-0.4, -0.2) is 74.9 Å². The van der Waals surface area contributed by atoms with Crippen molar-refractivity contribution in [2.75, 3.05) is 47.5 Å². The molecule has 0 spiro atoms. The Labute approximate surface area is 573 Å². The van der Waals surface area contributed by atoms with E-state index >= 15 is 0 Å². The molecule has 0 aromatic heterocycles. The Morgan fingerprint density at radius 3 is 0.880 bits per heavy atom. The molecule has 10 heteroatoms. The first kappa shape index (κ1) is 90.0. The maximum atomic E-state index is 12.9. The molecular weight excluding hydrogens is 1160 g/mol. The van der Waals surface area contributed by atoms with E-state index in [0.29, 0.717) is 23.9 Å². The average molecular weight is 1320 g/mol. The maximum absolute atomic E-state index is 12.9. The molecule has 0 aromatic rings. The largest absolute Gasteiger partial charge is 0.472 e. The third-order valence-corrected chi connectivity index (χ3v) is 19.3. The first-order chi connectivity index (χ1) is 45.0. The number of phosphoric ester groups is 1. The lowest BCUT2D eigenvalue weighted by molar-refractivity contribution is -0.870. The van der Waals surface area contributed by atoms with Gasteiger partial charge in [0.15, 0.2) is 6.10 Å². The lowest BCUT2D eigenvalue weighted by Crippen LogP contribution is -2.37. The van der Waals surface area contributed by atoms with Crippen LogP contribution >= 0.6 is 7.82 Å². The van der Waals surface area contributed by atoms with Crippen LogP contribution in [0.15, 0.2) is 48.6 Å². The summed E-state index contributed by atoms with van der Waals surface area (Å²) in [6.07, 6.45) is 96.9. The van der Waals surface area contributed by atoms with Crippen LogP contribution in [0.1, 0.15) is 412 Å². The zero-order valence-corrected chi connectivity index (χ0v) is 63.0. The molecule has 2 atom stereocenters. The zero-order valence-electron chi connectivity index (χ0n) is 62.1. The standard InChI is InChI=1S/C82H156NO8P/c1-6-8-10-12-14-16-18-20-22-24-26-28-30-32-34-36-38-40-41-43-44-46-48-50-52-54-56-58-60-62-64-66-68-70-72-74-81(84)88-78-80(79-90-92(86,87)89-77-76-83(3,4)5)91-82(85)75-73-71-69-67-65-63-61-59-57-55-53-51-49-47-45-42-39-37-35-33-31-29-27-25-23-21-19-17-15-13-11-9-7-2/h19,21,24-27,31,33,80H,6-18,20,22-23,28-30,32,34-79H2,1-5H3/p+1/b21-19-,26-24-,27-25-,33-31-. The Balaban J connectivity index is 3.92. The summed E-state index contributed by atoms with van der Waals surface area (Å²) in [5.41, 5.74) is 0. The van der Waals surface area contributed by atoms with Gasteiger partial charge < -0.3 is 18.9 Å². The number of hydrogen-bond acceptors (Lipinski definition) is 7. The average Bonchev–Trinajstić information content (AvgIpc) is 2.23. The van der Waals surface area contributed by atoms with Crippen LogP contribution in [0.3, 0.4) is 0 Å². The van der Waals surface area contributed by atoms with Crippen molar-refractivity contribution < 1.29 is 42.1 Å². The number of ether oxygens (including phenoxy) is 2. The van der Waals surface area contributed by atoms with Gasteiger partial charge in [-0.3, -0.25) is 18.6 Å². The Bertz CT molecular complexity index is 1690. The Kier molecular flexibility index (Phi) is 71.6. The van der Waals surface area contributed by atoms with Gasteiger partial charge in [-0.05, 0) is 77.0 Å². The van der Waals surface area contributed by atoms with E-state index in [1.807, 2.05) is 21.1 Å². The number of phosphoric acid groups is 1. The summed E-state index contributed by atoms with van der Waals surface area (Å²) in [7, 11) is 1.50. The van der Waals surface area contributed by atoms with Crippen LogP contribution in [0.4, 0.5) is 0 Å². The van der Waals surface area contributed by atoms with Gasteiger partial charge in [0, 0.05) is 12.8 Å². The molecule has 2 unspecified atom stereocenters. The van der Waals surface area contributed by atoms with Crippen LogP contribution in [0.25, 0.3) is 0 Å². The van der Waals surface area contributed by atoms with Crippen molar-refractivity contribution in [1.82, 2.24) is 0 Å². The fraction of sp³-hybridized carbons (Fsp3) is 0.878. The molecule has 0 aliphatic rings. The van der Waals surface area contributed by atoms with E-state index in [2.05, 4.69) is 62.5 Å². The van der Waals surface area contributed by atoms with Gasteiger partial charge in [-0.2, -0.15) is 0 Å². The molecule has 9 nitrogen and oxygen atoms in total. The fourth-order valence-corrected chi connectivity index (χ4v) is 12.9. The molecule has 0 aromatic carbocycles. The minimum absolute atomic E-state index is 0.0342. The number of nitrogens with zero attached hydrogens (tertiary/aromatic N) is 1. The third-order valence-electron chi connectivity index (χ3n) is 18.3. The minimum atomic E-state index is -4.39. The summed E-state index contributed by atoms with van der Waals surface area (Å²) < 4.78 is 34.8. The number of unbranched alkanes of at least 4 members (excludes halogenated alkanes) is 54. The van der Waals surface area contributed by atoms with Crippen molar-refractivity contribution in [2.45, 2.75) is 418 Å². The Morgan fingerprint density at radius 2 is 0.587 bits per heavy atom. The number of carbonyl (C=O) groups is 2. The van der Waals surface area contributed by atoms with Gasteiger partial charge >= 0.3 is 19.8 Å². The van der Waals surface area contributed by atoms with Crippen LogP contribution in [0.5, 0.6) is 0 Å². The molecule has 0 saturated heterocycles. The number of likely N-dealkylation sites (N-methyl/N-ethyl adjacent to an activating group) is 1. The van der Waals surface area contributed by atoms with E-state index in [-0.39, 0.29) is 25.6 Å². The summed E-state index contributed by atoms with van der Waals surface area (Å²) in [6.45, 7) is 4.50. The van der Waals surface area contributed by atoms with Crippen molar-refractivity contribution in [2.24, 2.45) is 0 Å². The SMILES string of the molecule is CCCCCCC/C=C\C/C=C\C/C=C\CCCCCCCCCCCCCCCCCCCCC(=O)OC(COC(=O)CCCCCCCCCCCCCCCCCCCCCCCCC/C=C\CCCCCCCCCC)COP(=O)(O)OCC[N+](C)(C)C. The van der Waals surface area contributed by atoms with Gasteiger partial charge in [0.2, 0.25) is 0 Å². The number of carbonyl (C=O) groups excluding carboxylic acids is 2. The number of esters is 2. The number of allylic oxidation sites excluding steroid dienone is 8. The molecule has 0 fully saturated rings. The molecule has 92 heavy (non-hydrogen) atoms. The topological polar surface area (TPSA) is 108 Å². The predicted octanol–water partition coefficient (Wildman–Crippen LogP) is 26.7. The molecule has 0 aliphatic heterocycles. The van der Waals surface area contributed by atoms with Gasteiger partial charge in [-0.15, -0.1) is 0 Å². The second-order valence-electron chi connectivity index (χ2n) is 28.8. The maximum Gasteiger partial charge on any atom is 0.472 e. The van der Waals surface area contributed by atoms with Crippen LogP contribution in [0.2, 0.25) is 0 Å². The molecule has 0 amide bonds. The molecule has 0 aliphatic carbocycles. The molecule has 0 heterocycles. The molecule has 0 rings (SSSR count). The Morgan fingerprint density at radius 1 is 0.337 bits per heavy atom. The minimum Gasteiger partial charge on any atom is -0.462 e. The molecule has 1 N–H and O–H groups in total. The third kappa shape index (κ3) is 77.0. The van der Waals surface area contributed by atoms with E-state index in [9.17, 15) is 19.0 Å². The smallest absolute Gasteiger partial charge is 0.462 e. The summed E-state index contributed by atoms with van der Waals surface area (Å²) in [6, 6.07) is 0. The van der Waals surface area contributed by atoms with E-state index in [4.69, 9.17) is 18.5 Å². The van der Waals surface area contributed by atoms with E-state index in [1.54, 1.807) is 0 Å². The second-order valence-corrected chi connectivity index (χ2v) is 30.3. The summed E-state index contributed by atoms with van der Waals surface area (Å²) in [4.78, 5) is 36.0. The predicted molar refractivity (Wildman–Crippen MR) is 400 cm³/mol. The highest BCUT2D eigenvalue weighted by atomic mass is 31.2. The van der Waals surface area contributed by atoms with Crippen LogP contribution in [0, 0.1) is 0 Å². The highest BCUT2D eigenvalue weighted by Crippen LogP contribution is 2.43. The van der Waals surface area contributed by atoms with Gasteiger partial charge in [0.1, 0.15) is 19.8 Å². The van der Waals surface area contributed by atoms with E-state index in [1.165, 1.54) is 334 Å². The highest BCUT2D eigenvalue weighted by molar-refractivity contribution is 7.47. The molecule has 542 valence electrons. The first-order valence-corrected chi connectivity index (χ1v) is 41.9. The normalized spacial score (nSPS) is 13.2. The van der Waals surface area contributed by atoms with Crippen molar-refractivity contribution >= 4 is 19.8 Å². The lowest BCUT2D eigenvalue weighted by atomic mass is 10.0. The lowest BCUT2D eigenvalue weighted by Gasteiger charge is -2.24. The van der Waals surface area contributed by atoms with Gasteiger partial charge in [-0.25, -0.2) is 4.57 Å². The van der Waals surface area contributed by atoms with Crippen LogP contribution < -0.4 is 0 Å². The summed E-state index contributed by atoms with van der Waals surface area (Å²) in [5, 5.41) is 0. The quantitative estimate of drug-likeness (QED) is 0.0211. The number of hydrogen-bond donors (Lipinski definition) is 1. The monoisotopic (exact) mass is 1320 g/mol. The van der Waals surface area contributed by atoms with Gasteiger partial charge in [0.25, 0.3) is 0 Å². The molecular formula is C82H157NO8P+. The van der Waals surface area contributed by atoms with E-state index in [0.717, 1.165) is 44.9 Å². The van der Waals surface area contributed by atoms with Crippen LogP contribution in [-0.2, 0) is 32.7 Å². The van der Waals surface area contributed by atoms with Crippen molar-refractivity contribution in [3.05, 3.63) is 48.6 Å². The molecule has 0 bridgehead atoms. The summed E-state index contributed by atoms with van der Waals surface area (Å²) in [5.74, 6) is -0.774. The number of rotatable bonds is 76. The van der Waals surface area contributed by atoms with Crippen molar-refractivity contribution in [3.8, 4) is 0 Å². The van der Waals surface area contributed by atoms with Crippen molar-refractivity contribution in [3.63, 3.8) is 0 Å². The molecule has 0 radical (unpaired) electrons.